The highest BCUT2D eigenvalue weighted by Gasteiger charge is 2.19. The van der Waals surface area contributed by atoms with Gasteiger partial charge >= 0.3 is 0 Å². The zero-order chi connectivity index (χ0) is 6.69. The van der Waals surface area contributed by atoms with Crippen LogP contribution < -0.4 is 0 Å². The molecule has 1 rings (SSSR count). The van der Waals surface area contributed by atoms with Crippen molar-refractivity contribution in [3.63, 3.8) is 0 Å². The quantitative estimate of drug-likeness (QED) is 0.512. The zero-order valence-electron chi connectivity index (χ0n) is 6.07. The fraction of sp³-hybridized carbons (Fsp3) is 1.00. The Kier molecular flexibility index (Phi) is 2.49. The molecule has 0 aromatic carbocycles. The minimum Gasteiger partial charge on any atom is -0.247 e. The average Bonchev–Trinajstić information content (AvgIpc) is 1.88. The lowest BCUT2D eigenvalue weighted by molar-refractivity contribution is 0.195. The third kappa shape index (κ3) is 1.96. The third-order valence-corrected chi connectivity index (χ3v) is 2.30. The highest BCUT2D eigenvalue weighted by molar-refractivity contribution is 4.70. The van der Waals surface area contributed by atoms with E-state index in [0.29, 0.717) is 5.92 Å². The van der Waals surface area contributed by atoms with Gasteiger partial charge in [-0.25, -0.2) is 4.39 Å². The normalized spacial score (nSPS) is 36.7. The lowest BCUT2D eigenvalue weighted by atomic mass is 9.86. The molecule has 0 spiro atoms. The molecule has 0 amide bonds. The lowest BCUT2D eigenvalue weighted by Crippen LogP contribution is -2.15. The first-order valence-corrected chi connectivity index (χ1v) is 3.97. The van der Waals surface area contributed by atoms with Crippen LogP contribution in [0.25, 0.3) is 0 Å². The zero-order valence-corrected chi connectivity index (χ0v) is 6.07. The Hall–Kier alpha value is -0.0700. The van der Waals surface area contributed by atoms with Gasteiger partial charge < -0.3 is 0 Å². The van der Waals surface area contributed by atoms with Crippen molar-refractivity contribution in [2.75, 3.05) is 0 Å². The smallest absolute Gasteiger partial charge is 0.100 e. The molecule has 0 aliphatic heterocycles. The van der Waals surface area contributed by atoms with E-state index >= 15 is 0 Å². The summed E-state index contributed by atoms with van der Waals surface area (Å²) in [7, 11) is 0. The van der Waals surface area contributed by atoms with E-state index in [1.54, 1.807) is 0 Å². The van der Waals surface area contributed by atoms with Crippen molar-refractivity contribution in [3.05, 3.63) is 0 Å². The van der Waals surface area contributed by atoms with E-state index in [1.165, 1.54) is 12.8 Å². The van der Waals surface area contributed by atoms with Gasteiger partial charge in [-0.3, -0.25) is 0 Å². The maximum Gasteiger partial charge on any atom is 0.100 e. The molecule has 1 saturated carbocycles. The van der Waals surface area contributed by atoms with E-state index in [0.717, 1.165) is 19.3 Å². The van der Waals surface area contributed by atoms with Gasteiger partial charge in [0.15, 0.2) is 0 Å². The van der Waals surface area contributed by atoms with Crippen molar-refractivity contribution in [2.45, 2.75) is 45.2 Å². The fourth-order valence-corrected chi connectivity index (χ4v) is 1.60. The summed E-state index contributed by atoms with van der Waals surface area (Å²) in [6.45, 7) is 2.16. The number of hydrogen-bond donors (Lipinski definition) is 0. The molecule has 0 aromatic rings. The molecule has 0 heterocycles. The summed E-state index contributed by atoms with van der Waals surface area (Å²) in [5, 5.41) is 0. The molecule has 54 valence electrons. The Morgan fingerprint density at radius 3 is 2.67 bits per heavy atom. The predicted molar refractivity (Wildman–Crippen MR) is 37.1 cm³/mol. The number of alkyl halides is 1. The highest BCUT2D eigenvalue weighted by Crippen LogP contribution is 2.27. The summed E-state index contributed by atoms with van der Waals surface area (Å²) in [6.07, 6.45) is 4.70. The van der Waals surface area contributed by atoms with Crippen molar-refractivity contribution in [2.24, 2.45) is 5.92 Å². The van der Waals surface area contributed by atoms with Crippen LogP contribution in [-0.4, -0.2) is 6.17 Å². The number of rotatable bonds is 1. The molecule has 0 aromatic heterocycles. The first-order valence-electron chi connectivity index (χ1n) is 3.97. The first kappa shape index (κ1) is 7.04. The van der Waals surface area contributed by atoms with Crippen LogP contribution in [-0.2, 0) is 0 Å². The van der Waals surface area contributed by atoms with Gasteiger partial charge in [0.25, 0.3) is 0 Å². The molecule has 2 unspecified atom stereocenters. The van der Waals surface area contributed by atoms with Gasteiger partial charge in [0.05, 0.1) is 0 Å². The van der Waals surface area contributed by atoms with Crippen LogP contribution in [0.4, 0.5) is 4.39 Å². The Balaban J connectivity index is 2.23. The van der Waals surface area contributed by atoms with Gasteiger partial charge in [-0.15, -0.1) is 0 Å². The summed E-state index contributed by atoms with van der Waals surface area (Å²) in [6, 6.07) is 0. The number of hydrogen-bond acceptors (Lipinski definition) is 0. The summed E-state index contributed by atoms with van der Waals surface area (Å²) >= 11 is 0. The van der Waals surface area contributed by atoms with Crippen molar-refractivity contribution in [1.82, 2.24) is 0 Å². The molecule has 1 fully saturated rings. The van der Waals surface area contributed by atoms with Gasteiger partial charge in [0.1, 0.15) is 6.17 Å². The topological polar surface area (TPSA) is 0 Å². The number of halogens is 1. The fourth-order valence-electron chi connectivity index (χ4n) is 1.60. The van der Waals surface area contributed by atoms with Crippen LogP contribution in [0.3, 0.4) is 0 Å². The SMILES string of the molecule is CCC1CCCC(F)C1. The van der Waals surface area contributed by atoms with E-state index in [1.807, 2.05) is 0 Å². The molecule has 9 heavy (non-hydrogen) atoms. The third-order valence-electron chi connectivity index (χ3n) is 2.30. The van der Waals surface area contributed by atoms with E-state index in [4.69, 9.17) is 0 Å². The second-order valence-corrected chi connectivity index (χ2v) is 3.04. The highest BCUT2D eigenvalue weighted by atomic mass is 19.1. The molecule has 0 nitrogen and oxygen atoms in total. The molecule has 0 radical (unpaired) electrons. The molecule has 1 aliphatic rings. The minimum absolute atomic E-state index is 0.483. The van der Waals surface area contributed by atoms with Crippen LogP contribution in [0.15, 0.2) is 0 Å². The summed E-state index contributed by atoms with van der Waals surface area (Å²) in [5.74, 6) is 0.689. The van der Waals surface area contributed by atoms with E-state index < -0.39 is 6.17 Å². The summed E-state index contributed by atoms with van der Waals surface area (Å²) in [4.78, 5) is 0. The molecular weight excluding hydrogens is 115 g/mol. The van der Waals surface area contributed by atoms with Crippen LogP contribution in [0, 0.1) is 5.92 Å². The van der Waals surface area contributed by atoms with Crippen LogP contribution >= 0.6 is 0 Å². The van der Waals surface area contributed by atoms with E-state index in [2.05, 4.69) is 6.92 Å². The van der Waals surface area contributed by atoms with Crippen molar-refractivity contribution < 1.29 is 4.39 Å². The molecule has 1 aliphatic carbocycles. The molecule has 2 atom stereocenters. The Bertz CT molecular complexity index is 80.6. The first-order chi connectivity index (χ1) is 4.33. The minimum atomic E-state index is -0.483. The van der Waals surface area contributed by atoms with Gasteiger partial charge in [-0.2, -0.15) is 0 Å². The van der Waals surface area contributed by atoms with E-state index in [-0.39, 0.29) is 0 Å². The van der Waals surface area contributed by atoms with Crippen LogP contribution in [0.2, 0.25) is 0 Å². The van der Waals surface area contributed by atoms with Crippen molar-refractivity contribution in [3.8, 4) is 0 Å². The average molecular weight is 130 g/mol. The van der Waals surface area contributed by atoms with Crippen molar-refractivity contribution in [1.29, 1.82) is 0 Å². The summed E-state index contributed by atoms with van der Waals surface area (Å²) < 4.78 is 12.6. The van der Waals surface area contributed by atoms with Crippen molar-refractivity contribution >= 4 is 0 Å². The largest absolute Gasteiger partial charge is 0.247 e. The molecule has 0 N–H and O–H groups in total. The van der Waals surface area contributed by atoms with E-state index in [9.17, 15) is 4.39 Å². The second-order valence-electron chi connectivity index (χ2n) is 3.04. The lowest BCUT2D eigenvalue weighted by Gasteiger charge is -2.22. The Morgan fingerprint density at radius 2 is 2.22 bits per heavy atom. The maximum atomic E-state index is 12.6. The molecule has 0 saturated heterocycles. The van der Waals surface area contributed by atoms with Gasteiger partial charge in [0.2, 0.25) is 0 Å². The maximum absolute atomic E-state index is 12.6. The standard InChI is InChI=1S/C8H15F/c1-2-7-4-3-5-8(9)6-7/h7-8H,2-6H2,1H3. The Morgan fingerprint density at radius 1 is 1.44 bits per heavy atom. The molecule has 0 bridgehead atoms. The van der Waals surface area contributed by atoms with Gasteiger partial charge in [-0.1, -0.05) is 26.2 Å². The summed E-state index contributed by atoms with van der Waals surface area (Å²) in [5.41, 5.74) is 0. The Labute approximate surface area is 56.5 Å². The van der Waals surface area contributed by atoms with Crippen LogP contribution in [0.1, 0.15) is 39.0 Å². The van der Waals surface area contributed by atoms with Gasteiger partial charge in [0, 0.05) is 0 Å². The molecular formula is C8H15F. The molecule has 1 heteroatoms. The second kappa shape index (κ2) is 3.19. The monoisotopic (exact) mass is 130 g/mol. The van der Waals surface area contributed by atoms with Gasteiger partial charge in [-0.05, 0) is 18.8 Å². The predicted octanol–water partition coefficient (Wildman–Crippen LogP) is 2.92. The van der Waals surface area contributed by atoms with Crippen LogP contribution in [0.5, 0.6) is 0 Å².